The van der Waals surface area contributed by atoms with Crippen LogP contribution in [0.1, 0.15) is 56.7 Å². The minimum absolute atomic E-state index is 0.106. The van der Waals surface area contributed by atoms with Crippen LogP contribution < -0.4 is 5.32 Å². The average molecular weight is 221 g/mol. The highest BCUT2D eigenvalue weighted by atomic mass is 16.5. The largest absolute Gasteiger partial charge is 0.339 e. The number of aromatic nitrogens is 2. The third-order valence-corrected chi connectivity index (χ3v) is 4.29. The van der Waals surface area contributed by atoms with E-state index in [2.05, 4.69) is 22.4 Å². The highest BCUT2D eigenvalue weighted by Crippen LogP contribution is 2.37. The van der Waals surface area contributed by atoms with Gasteiger partial charge in [-0.1, -0.05) is 18.5 Å². The summed E-state index contributed by atoms with van der Waals surface area (Å²) in [4.78, 5) is 4.64. The van der Waals surface area contributed by atoms with E-state index in [1.54, 1.807) is 0 Å². The van der Waals surface area contributed by atoms with E-state index in [0.29, 0.717) is 5.92 Å². The second-order valence-electron chi connectivity index (χ2n) is 5.15. The fraction of sp³-hybridized carbons (Fsp3) is 0.833. The second-order valence-corrected chi connectivity index (χ2v) is 5.15. The molecule has 0 radical (unpaired) electrons. The fourth-order valence-corrected chi connectivity index (χ4v) is 2.66. The van der Waals surface area contributed by atoms with Gasteiger partial charge in [0.05, 0.1) is 5.41 Å². The third-order valence-electron chi connectivity index (χ3n) is 4.29. The minimum Gasteiger partial charge on any atom is -0.339 e. The molecule has 0 amide bonds. The van der Waals surface area contributed by atoms with Gasteiger partial charge in [-0.2, -0.15) is 4.98 Å². The van der Waals surface area contributed by atoms with Crippen LogP contribution in [0.5, 0.6) is 0 Å². The maximum absolute atomic E-state index is 5.50. The summed E-state index contributed by atoms with van der Waals surface area (Å²) in [5.41, 5.74) is 0.106. The standard InChI is InChI=1S/C12H19N3O/c1-2-12(6-7-13-8-12)11-14-10(15-16-11)9-4-3-5-9/h9,13H,2-8H2,1H3. The van der Waals surface area contributed by atoms with E-state index in [0.717, 1.165) is 37.6 Å². The van der Waals surface area contributed by atoms with Crippen LogP contribution in [0.15, 0.2) is 4.52 Å². The summed E-state index contributed by atoms with van der Waals surface area (Å²) in [6.07, 6.45) is 5.98. The van der Waals surface area contributed by atoms with Gasteiger partial charge in [-0.15, -0.1) is 0 Å². The maximum Gasteiger partial charge on any atom is 0.234 e. The van der Waals surface area contributed by atoms with Crippen molar-refractivity contribution in [3.8, 4) is 0 Å². The molecule has 2 fully saturated rings. The summed E-state index contributed by atoms with van der Waals surface area (Å²) in [6, 6.07) is 0. The van der Waals surface area contributed by atoms with Crippen molar-refractivity contribution in [2.75, 3.05) is 13.1 Å². The number of nitrogens with one attached hydrogen (secondary N) is 1. The molecular weight excluding hydrogens is 202 g/mol. The van der Waals surface area contributed by atoms with Crippen molar-refractivity contribution in [3.05, 3.63) is 11.7 Å². The first-order chi connectivity index (χ1) is 7.84. The Morgan fingerprint density at radius 2 is 2.38 bits per heavy atom. The van der Waals surface area contributed by atoms with Crippen LogP contribution in [-0.2, 0) is 5.41 Å². The molecule has 0 aromatic carbocycles. The van der Waals surface area contributed by atoms with Gasteiger partial charge in [-0.3, -0.25) is 0 Å². The van der Waals surface area contributed by atoms with Gasteiger partial charge in [0, 0.05) is 12.5 Å². The van der Waals surface area contributed by atoms with Crippen LogP contribution in [-0.4, -0.2) is 23.2 Å². The van der Waals surface area contributed by atoms with Crippen molar-refractivity contribution in [2.24, 2.45) is 0 Å². The SMILES string of the molecule is CCC1(c2nc(C3CCC3)no2)CCNC1. The topological polar surface area (TPSA) is 51.0 Å². The summed E-state index contributed by atoms with van der Waals surface area (Å²) in [6.45, 7) is 4.25. The van der Waals surface area contributed by atoms with Crippen molar-refractivity contribution in [2.45, 2.75) is 50.4 Å². The molecule has 1 aliphatic carbocycles. The molecule has 88 valence electrons. The van der Waals surface area contributed by atoms with Crippen molar-refractivity contribution in [3.63, 3.8) is 0 Å². The molecule has 1 saturated heterocycles. The highest BCUT2D eigenvalue weighted by Gasteiger charge is 2.40. The predicted molar refractivity (Wildman–Crippen MR) is 60.3 cm³/mol. The van der Waals surface area contributed by atoms with Crippen molar-refractivity contribution < 1.29 is 4.52 Å². The first-order valence-electron chi connectivity index (χ1n) is 6.39. The first-order valence-corrected chi connectivity index (χ1v) is 6.39. The van der Waals surface area contributed by atoms with Crippen molar-refractivity contribution in [1.29, 1.82) is 0 Å². The Balaban J connectivity index is 1.84. The lowest BCUT2D eigenvalue weighted by Crippen LogP contribution is -2.28. The maximum atomic E-state index is 5.50. The zero-order chi connectivity index (χ0) is 11.0. The fourth-order valence-electron chi connectivity index (χ4n) is 2.66. The summed E-state index contributed by atoms with van der Waals surface area (Å²) < 4.78 is 5.50. The first kappa shape index (κ1) is 10.3. The molecule has 0 spiro atoms. The van der Waals surface area contributed by atoms with E-state index in [-0.39, 0.29) is 5.41 Å². The molecule has 1 N–H and O–H groups in total. The molecule has 2 heterocycles. The van der Waals surface area contributed by atoms with E-state index < -0.39 is 0 Å². The number of rotatable bonds is 3. The Labute approximate surface area is 95.8 Å². The van der Waals surface area contributed by atoms with Crippen LogP contribution >= 0.6 is 0 Å². The molecule has 1 aliphatic heterocycles. The predicted octanol–water partition coefficient (Wildman–Crippen LogP) is 1.98. The van der Waals surface area contributed by atoms with E-state index in [1.807, 2.05) is 0 Å². The van der Waals surface area contributed by atoms with Gasteiger partial charge in [0.2, 0.25) is 5.89 Å². The zero-order valence-corrected chi connectivity index (χ0v) is 9.83. The van der Waals surface area contributed by atoms with Crippen LogP contribution in [0.25, 0.3) is 0 Å². The van der Waals surface area contributed by atoms with Crippen molar-refractivity contribution in [1.82, 2.24) is 15.5 Å². The quantitative estimate of drug-likeness (QED) is 0.848. The number of hydrogen-bond donors (Lipinski definition) is 1. The molecule has 1 aromatic rings. The Morgan fingerprint density at radius 1 is 1.50 bits per heavy atom. The summed E-state index contributed by atoms with van der Waals surface area (Å²) in [5.74, 6) is 2.38. The lowest BCUT2D eigenvalue weighted by Gasteiger charge is -2.22. The average Bonchev–Trinajstić information content (AvgIpc) is 2.82. The van der Waals surface area contributed by atoms with Crippen molar-refractivity contribution >= 4 is 0 Å². The van der Waals surface area contributed by atoms with Gasteiger partial charge in [0.25, 0.3) is 0 Å². The van der Waals surface area contributed by atoms with E-state index >= 15 is 0 Å². The number of nitrogens with zero attached hydrogens (tertiary/aromatic N) is 2. The third kappa shape index (κ3) is 1.47. The lowest BCUT2D eigenvalue weighted by molar-refractivity contribution is 0.280. The molecule has 16 heavy (non-hydrogen) atoms. The molecule has 3 rings (SSSR count). The molecule has 1 saturated carbocycles. The molecule has 0 bridgehead atoms. The minimum atomic E-state index is 0.106. The molecule has 1 aromatic heterocycles. The highest BCUT2D eigenvalue weighted by molar-refractivity contribution is 5.11. The van der Waals surface area contributed by atoms with Gasteiger partial charge >= 0.3 is 0 Å². The molecular formula is C12H19N3O. The molecule has 4 heteroatoms. The smallest absolute Gasteiger partial charge is 0.234 e. The Bertz CT molecular complexity index is 364. The van der Waals surface area contributed by atoms with E-state index in [1.165, 1.54) is 19.3 Å². The lowest BCUT2D eigenvalue weighted by atomic mass is 9.83. The van der Waals surface area contributed by atoms with Crippen LogP contribution in [0.2, 0.25) is 0 Å². The Morgan fingerprint density at radius 3 is 2.94 bits per heavy atom. The normalized spacial score (nSPS) is 30.6. The molecule has 2 aliphatic rings. The summed E-state index contributed by atoms with van der Waals surface area (Å²) >= 11 is 0. The zero-order valence-electron chi connectivity index (χ0n) is 9.83. The van der Waals surface area contributed by atoms with Gasteiger partial charge in [0.15, 0.2) is 5.82 Å². The monoisotopic (exact) mass is 221 g/mol. The second kappa shape index (κ2) is 3.84. The summed E-state index contributed by atoms with van der Waals surface area (Å²) in [5, 5.41) is 7.56. The molecule has 4 nitrogen and oxygen atoms in total. The molecule has 1 atom stereocenters. The van der Waals surface area contributed by atoms with Crippen LogP contribution in [0.4, 0.5) is 0 Å². The molecule has 1 unspecified atom stereocenters. The Kier molecular flexibility index (Phi) is 2.46. The Hall–Kier alpha value is -0.900. The number of hydrogen-bond acceptors (Lipinski definition) is 4. The summed E-state index contributed by atoms with van der Waals surface area (Å²) in [7, 11) is 0. The van der Waals surface area contributed by atoms with Gasteiger partial charge in [-0.05, 0) is 32.2 Å². The van der Waals surface area contributed by atoms with Crippen LogP contribution in [0, 0.1) is 0 Å². The van der Waals surface area contributed by atoms with Crippen LogP contribution in [0.3, 0.4) is 0 Å². The van der Waals surface area contributed by atoms with Gasteiger partial charge < -0.3 is 9.84 Å². The van der Waals surface area contributed by atoms with E-state index in [4.69, 9.17) is 4.52 Å². The van der Waals surface area contributed by atoms with Gasteiger partial charge in [-0.25, -0.2) is 0 Å². The van der Waals surface area contributed by atoms with Gasteiger partial charge in [0.1, 0.15) is 0 Å². The van der Waals surface area contributed by atoms with E-state index in [9.17, 15) is 0 Å².